The van der Waals surface area contributed by atoms with Crippen LogP contribution >= 0.6 is 0 Å². The largest absolute Gasteiger partial charge is 0.385 e. The summed E-state index contributed by atoms with van der Waals surface area (Å²) in [4.78, 5) is 2.45. The molecule has 0 spiro atoms. The average molecular weight is 299 g/mol. The van der Waals surface area contributed by atoms with Gasteiger partial charge in [-0.2, -0.15) is 5.10 Å². The van der Waals surface area contributed by atoms with Gasteiger partial charge in [-0.25, -0.2) is 0 Å². The van der Waals surface area contributed by atoms with Gasteiger partial charge in [0.1, 0.15) is 0 Å². The molecule has 4 nitrogen and oxygen atoms in total. The van der Waals surface area contributed by atoms with Gasteiger partial charge in [0.25, 0.3) is 0 Å². The number of hydrogen-bond donors (Lipinski definition) is 1. The molecule has 1 aliphatic heterocycles. The van der Waals surface area contributed by atoms with E-state index in [1.54, 1.807) is 0 Å². The predicted octanol–water partition coefficient (Wildman–Crippen LogP) is 2.57. The molecule has 1 N–H and O–H groups in total. The van der Waals surface area contributed by atoms with E-state index in [0.29, 0.717) is 0 Å². The van der Waals surface area contributed by atoms with Gasteiger partial charge in [0, 0.05) is 31.5 Å². The number of rotatable bonds is 5. The van der Waals surface area contributed by atoms with Crippen LogP contribution in [0.3, 0.4) is 0 Å². The highest BCUT2D eigenvalue weighted by Crippen LogP contribution is 2.32. The van der Waals surface area contributed by atoms with Gasteiger partial charge in [0.05, 0.1) is 5.60 Å². The smallest absolute Gasteiger partial charge is 0.0920 e. The minimum atomic E-state index is -0.643. The summed E-state index contributed by atoms with van der Waals surface area (Å²) in [6.07, 6.45) is 4.60. The summed E-state index contributed by atoms with van der Waals surface area (Å²) in [5.74, 6) is 0. The first-order valence-electron chi connectivity index (χ1n) is 8.16. The number of hydrogen-bond acceptors (Lipinski definition) is 3. The van der Waals surface area contributed by atoms with Crippen molar-refractivity contribution in [1.29, 1.82) is 0 Å². The summed E-state index contributed by atoms with van der Waals surface area (Å²) in [6.45, 7) is 6.06. The molecule has 0 amide bonds. The van der Waals surface area contributed by atoms with Crippen molar-refractivity contribution in [3.8, 4) is 0 Å². The van der Waals surface area contributed by atoms with Crippen molar-refractivity contribution in [2.45, 2.75) is 38.3 Å². The number of likely N-dealkylation sites (tertiary alicyclic amines) is 1. The van der Waals surface area contributed by atoms with Crippen LogP contribution in [0.1, 0.15) is 30.5 Å². The van der Waals surface area contributed by atoms with Crippen LogP contribution in [0.15, 0.2) is 42.6 Å². The van der Waals surface area contributed by atoms with E-state index < -0.39 is 5.60 Å². The molecule has 0 aliphatic carbocycles. The fourth-order valence-corrected chi connectivity index (χ4v) is 3.26. The van der Waals surface area contributed by atoms with Crippen LogP contribution in [0.2, 0.25) is 0 Å². The lowest BCUT2D eigenvalue weighted by Crippen LogP contribution is -2.43. The third-order valence-corrected chi connectivity index (χ3v) is 4.77. The molecular weight excluding hydrogens is 274 g/mol. The third kappa shape index (κ3) is 3.39. The summed E-state index contributed by atoms with van der Waals surface area (Å²) in [5.41, 5.74) is 1.63. The maximum absolute atomic E-state index is 10.8. The quantitative estimate of drug-likeness (QED) is 0.922. The maximum Gasteiger partial charge on any atom is 0.0920 e. The molecule has 2 heterocycles. The first kappa shape index (κ1) is 15.3. The second-order valence-corrected chi connectivity index (χ2v) is 6.29. The summed E-state index contributed by atoms with van der Waals surface area (Å²) in [6, 6.07) is 12.1. The van der Waals surface area contributed by atoms with Crippen LogP contribution in [0, 0.1) is 6.92 Å². The van der Waals surface area contributed by atoms with E-state index >= 15 is 0 Å². The van der Waals surface area contributed by atoms with Crippen molar-refractivity contribution >= 4 is 0 Å². The molecule has 0 unspecified atom stereocenters. The summed E-state index contributed by atoms with van der Waals surface area (Å²) < 4.78 is 2.06. The topological polar surface area (TPSA) is 41.3 Å². The first-order valence-corrected chi connectivity index (χ1v) is 8.16. The van der Waals surface area contributed by atoms with Crippen molar-refractivity contribution in [1.82, 2.24) is 14.7 Å². The molecular formula is C18H25N3O. The highest BCUT2D eigenvalue weighted by Gasteiger charge is 2.33. The van der Waals surface area contributed by atoms with E-state index in [9.17, 15) is 5.11 Å². The molecule has 0 radical (unpaired) electrons. The molecule has 1 aliphatic rings. The van der Waals surface area contributed by atoms with Crippen molar-refractivity contribution < 1.29 is 5.11 Å². The van der Waals surface area contributed by atoms with Crippen LogP contribution < -0.4 is 0 Å². The van der Waals surface area contributed by atoms with Gasteiger partial charge >= 0.3 is 0 Å². The highest BCUT2D eigenvalue weighted by molar-refractivity contribution is 5.22. The van der Waals surface area contributed by atoms with Crippen molar-refractivity contribution in [3.05, 3.63) is 53.9 Å². The number of nitrogens with zero attached hydrogens (tertiary/aromatic N) is 3. The minimum absolute atomic E-state index is 0.643. The number of aryl methyl sites for hydroxylation is 2. The Hall–Kier alpha value is -1.65. The Morgan fingerprint density at radius 1 is 1.09 bits per heavy atom. The van der Waals surface area contributed by atoms with E-state index in [4.69, 9.17) is 0 Å². The molecule has 1 fully saturated rings. The van der Waals surface area contributed by atoms with Gasteiger partial charge in [0.2, 0.25) is 0 Å². The average Bonchev–Trinajstić information content (AvgIpc) is 2.96. The first-order chi connectivity index (χ1) is 10.7. The van der Waals surface area contributed by atoms with Crippen molar-refractivity contribution in [3.63, 3.8) is 0 Å². The lowest BCUT2D eigenvalue weighted by Gasteiger charge is -2.38. The summed E-state index contributed by atoms with van der Waals surface area (Å²) in [7, 11) is 0. The van der Waals surface area contributed by atoms with E-state index in [-0.39, 0.29) is 0 Å². The lowest BCUT2D eigenvalue weighted by molar-refractivity contribution is -0.0262. The second kappa shape index (κ2) is 6.63. The van der Waals surface area contributed by atoms with Crippen molar-refractivity contribution in [2.75, 3.05) is 19.6 Å². The summed E-state index contributed by atoms with van der Waals surface area (Å²) in [5, 5.41) is 15.2. The van der Waals surface area contributed by atoms with E-state index in [1.165, 1.54) is 5.69 Å². The van der Waals surface area contributed by atoms with Crippen LogP contribution in [-0.4, -0.2) is 39.4 Å². The van der Waals surface area contributed by atoms with E-state index in [0.717, 1.165) is 51.0 Å². The zero-order valence-corrected chi connectivity index (χ0v) is 13.3. The number of aromatic nitrogens is 2. The fourth-order valence-electron chi connectivity index (χ4n) is 3.26. The van der Waals surface area contributed by atoms with Gasteiger partial charge in [-0.1, -0.05) is 30.3 Å². The molecule has 22 heavy (non-hydrogen) atoms. The molecule has 0 bridgehead atoms. The van der Waals surface area contributed by atoms with Gasteiger partial charge < -0.3 is 10.0 Å². The van der Waals surface area contributed by atoms with Crippen LogP contribution in [0.5, 0.6) is 0 Å². The highest BCUT2D eigenvalue weighted by atomic mass is 16.3. The lowest BCUT2D eigenvalue weighted by atomic mass is 9.84. The Bertz CT molecular complexity index is 585. The normalized spacial score (nSPS) is 18.5. The molecule has 2 aromatic rings. The third-order valence-electron chi connectivity index (χ3n) is 4.77. The molecule has 3 rings (SSSR count). The van der Waals surface area contributed by atoms with Gasteiger partial charge in [0.15, 0.2) is 0 Å². The minimum Gasteiger partial charge on any atom is -0.385 e. The molecule has 4 heteroatoms. The van der Waals surface area contributed by atoms with Crippen molar-refractivity contribution in [2.24, 2.45) is 0 Å². The monoisotopic (exact) mass is 299 g/mol. The summed E-state index contributed by atoms with van der Waals surface area (Å²) >= 11 is 0. The molecule has 118 valence electrons. The SMILES string of the molecule is Cc1ccnn1CCCN1CCC(O)(c2ccccc2)CC1. The van der Waals surface area contributed by atoms with Gasteiger partial charge in [-0.3, -0.25) is 4.68 Å². The predicted molar refractivity (Wildman–Crippen MR) is 87.6 cm³/mol. The number of benzene rings is 1. The molecule has 1 aromatic carbocycles. The van der Waals surface area contributed by atoms with Crippen LogP contribution in [0.25, 0.3) is 0 Å². The number of piperidine rings is 1. The van der Waals surface area contributed by atoms with Crippen LogP contribution in [-0.2, 0) is 12.1 Å². The Morgan fingerprint density at radius 3 is 2.45 bits per heavy atom. The van der Waals surface area contributed by atoms with Gasteiger partial charge in [-0.15, -0.1) is 0 Å². The Morgan fingerprint density at radius 2 is 1.82 bits per heavy atom. The van der Waals surface area contributed by atoms with Gasteiger partial charge in [-0.05, 0) is 44.4 Å². The maximum atomic E-state index is 10.8. The molecule has 0 saturated carbocycles. The molecule has 1 saturated heterocycles. The number of aliphatic hydroxyl groups is 1. The molecule has 1 aromatic heterocycles. The Balaban J connectivity index is 1.47. The van der Waals surface area contributed by atoms with E-state index in [2.05, 4.69) is 21.6 Å². The zero-order chi connectivity index (χ0) is 15.4. The Labute approximate surface area is 132 Å². The second-order valence-electron chi connectivity index (χ2n) is 6.29. The zero-order valence-electron chi connectivity index (χ0n) is 13.3. The fraction of sp³-hybridized carbons (Fsp3) is 0.500. The van der Waals surface area contributed by atoms with E-state index in [1.807, 2.05) is 42.6 Å². The standard InChI is InChI=1S/C18H25N3O/c1-16-8-11-19-21(16)13-5-12-20-14-9-18(22,10-15-20)17-6-3-2-4-7-17/h2-4,6-8,11,22H,5,9-10,12-15H2,1H3. The Kier molecular flexibility index (Phi) is 4.60. The molecule has 0 atom stereocenters. The van der Waals surface area contributed by atoms with Crippen LogP contribution in [0.4, 0.5) is 0 Å².